The van der Waals surface area contributed by atoms with Crippen LogP contribution in [0.1, 0.15) is 29.8 Å². The predicted octanol–water partition coefficient (Wildman–Crippen LogP) is 3.30. The first-order valence-electron chi connectivity index (χ1n) is 7.71. The number of nitrogens with zero attached hydrogens (tertiary/aromatic N) is 1. The Bertz CT molecular complexity index is 684. The lowest BCUT2D eigenvalue weighted by Crippen LogP contribution is -2.50. The Hall–Kier alpha value is -2.21. The SMILES string of the molecule is CC(C)[C@H](NC(=O)c1ccc(F)cc1)C(=O)N(C)Cc1ccsc1. The summed E-state index contributed by atoms with van der Waals surface area (Å²) in [6.45, 7) is 4.26. The minimum absolute atomic E-state index is 0.0631. The van der Waals surface area contributed by atoms with Crippen LogP contribution < -0.4 is 5.32 Å². The van der Waals surface area contributed by atoms with Gasteiger partial charge in [-0.15, -0.1) is 0 Å². The van der Waals surface area contributed by atoms with Gasteiger partial charge in [0, 0.05) is 19.2 Å². The first kappa shape index (κ1) is 18.1. The van der Waals surface area contributed by atoms with Crippen LogP contribution in [0.3, 0.4) is 0 Å². The summed E-state index contributed by atoms with van der Waals surface area (Å²) >= 11 is 1.58. The van der Waals surface area contributed by atoms with Crippen molar-refractivity contribution in [2.45, 2.75) is 26.4 Å². The van der Waals surface area contributed by atoms with Gasteiger partial charge in [0.2, 0.25) is 5.91 Å². The van der Waals surface area contributed by atoms with Gasteiger partial charge < -0.3 is 10.2 Å². The summed E-state index contributed by atoms with van der Waals surface area (Å²) in [5, 5.41) is 6.72. The number of halogens is 1. The summed E-state index contributed by atoms with van der Waals surface area (Å²) in [6.07, 6.45) is 0. The van der Waals surface area contributed by atoms with Crippen LogP contribution in [0.15, 0.2) is 41.1 Å². The van der Waals surface area contributed by atoms with Crippen molar-refractivity contribution in [2.75, 3.05) is 7.05 Å². The molecule has 1 atom stereocenters. The fourth-order valence-electron chi connectivity index (χ4n) is 2.31. The Labute approximate surface area is 145 Å². The van der Waals surface area contributed by atoms with E-state index in [0.717, 1.165) is 5.56 Å². The van der Waals surface area contributed by atoms with E-state index in [1.807, 2.05) is 30.7 Å². The topological polar surface area (TPSA) is 49.4 Å². The highest BCUT2D eigenvalue weighted by molar-refractivity contribution is 7.07. The largest absolute Gasteiger partial charge is 0.340 e. The molecule has 4 nitrogen and oxygen atoms in total. The molecule has 0 unspecified atom stereocenters. The van der Waals surface area contributed by atoms with Crippen molar-refractivity contribution in [3.63, 3.8) is 0 Å². The first-order valence-corrected chi connectivity index (χ1v) is 8.65. The van der Waals surface area contributed by atoms with E-state index in [1.54, 1.807) is 23.3 Å². The number of amides is 2. The maximum absolute atomic E-state index is 13.0. The van der Waals surface area contributed by atoms with E-state index in [-0.39, 0.29) is 17.7 Å². The maximum Gasteiger partial charge on any atom is 0.251 e. The molecule has 0 bridgehead atoms. The lowest BCUT2D eigenvalue weighted by atomic mass is 10.0. The highest BCUT2D eigenvalue weighted by Gasteiger charge is 2.27. The van der Waals surface area contributed by atoms with Gasteiger partial charge in [-0.25, -0.2) is 4.39 Å². The molecule has 1 aromatic heterocycles. The van der Waals surface area contributed by atoms with Crippen molar-refractivity contribution in [3.05, 3.63) is 58.0 Å². The lowest BCUT2D eigenvalue weighted by Gasteiger charge is -2.27. The zero-order valence-corrected chi connectivity index (χ0v) is 14.8. The Morgan fingerprint density at radius 1 is 1.21 bits per heavy atom. The molecule has 0 aliphatic carbocycles. The fourth-order valence-corrected chi connectivity index (χ4v) is 2.97. The Balaban J connectivity index is 2.06. The number of carbonyl (C=O) groups excluding carboxylic acids is 2. The van der Waals surface area contributed by atoms with Crippen molar-refractivity contribution in [1.29, 1.82) is 0 Å². The average molecular weight is 348 g/mol. The van der Waals surface area contributed by atoms with Gasteiger partial charge in [-0.1, -0.05) is 13.8 Å². The number of carbonyl (C=O) groups is 2. The van der Waals surface area contributed by atoms with Crippen LogP contribution in [-0.4, -0.2) is 29.8 Å². The molecular formula is C18H21FN2O2S. The minimum atomic E-state index is -0.633. The quantitative estimate of drug-likeness (QED) is 0.871. The van der Waals surface area contributed by atoms with Gasteiger partial charge in [-0.2, -0.15) is 11.3 Å². The molecule has 2 rings (SSSR count). The summed E-state index contributed by atoms with van der Waals surface area (Å²) in [6, 6.07) is 6.60. The van der Waals surface area contributed by atoms with Crippen LogP contribution in [-0.2, 0) is 11.3 Å². The monoisotopic (exact) mass is 348 g/mol. The summed E-state index contributed by atoms with van der Waals surface area (Å²) in [7, 11) is 1.72. The number of likely N-dealkylation sites (N-methyl/N-ethyl adjacent to an activating group) is 1. The summed E-state index contributed by atoms with van der Waals surface area (Å²) in [4.78, 5) is 26.6. The highest BCUT2D eigenvalue weighted by Crippen LogP contribution is 2.12. The number of nitrogens with one attached hydrogen (secondary N) is 1. The smallest absolute Gasteiger partial charge is 0.251 e. The molecule has 0 aliphatic heterocycles. The number of benzene rings is 1. The third-order valence-corrected chi connectivity index (χ3v) is 4.43. The van der Waals surface area contributed by atoms with Crippen LogP contribution >= 0.6 is 11.3 Å². The summed E-state index contributed by atoms with van der Waals surface area (Å²) < 4.78 is 13.0. The normalized spacial score (nSPS) is 12.0. The number of hydrogen-bond acceptors (Lipinski definition) is 3. The van der Waals surface area contributed by atoms with E-state index in [9.17, 15) is 14.0 Å². The molecule has 0 radical (unpaired) electrons. The molecule has 1 N–H and O–H groups in total. The van der Waals surface area contributed by atoms with Gasteiger partial charge in [0.15, 0.2) is 0 Å². The third kappa shape index (κ3) is 4.64. The van der Waals surface area contributed by atoms with Crippen molar-refractivity contribution in [1.82, 2.24) is 10.2 Å². The van der Waals surface area contributed by atoms with E-state index in [2.05, 4.69) is 5.32 Å². The molecule has 1 aromatic carbocycles. The van der Waals surface area contributed by atoms with Crippen molar-refractivity contribution in [2.24, 2.45) is 5.92 Å². The number of rotatable bonds is 6. The highest BCUT2D eigenvalue weighted by atomic mass is 32.1. The van der Waals surface area contributed by atoms with Crippen molar-refractivity contribution >= 4 is 23.2 Å². The minimum Gasteiger partial charge on any atom is -0.340 e. The molecule has 1 heterocycles. The molecule has 2 amide bonds. The van der Waals surface area contributed by atoms with Gasteiger partial charge in [-0.05, 0) is 52.6 Å². The van der Waals surface area contributed by atoms with Gasteiger partial charge in [0.25, 0.3) is 5.91 Å². The Morgan fingerprint density at radius 3 is 2.42 bits per heavy atom. The van der Waals surface area contributed by atoms with Gasteiger partial charge in [-0.3, -0.25) is 9.59 Å². The number of thiophene rings is 1. The molecular weight excluding hydrogens is 327 g/mol. The second-order valence-corrected chi connectivity index (χ2v) is 6.81. The van der Waals surface area contributed by atoms with Gasteiger partial charge >= 0.3 is 0 Å². The summed E-state index contributed by atoms with van der Waals surface area (Å²) in [5.41, 5.74) is 1.39. The molecule has 0 fully saturated rings. The molecule has 0 spiro atoms. The van der Waals surface area contributed by atoms with Crippen LogP contribution in [0.5, 0.6) is 0 Å². The standard InChI is InChI=1S/C18H21FN2O2S/c1-12(2)16(18(23)21(3)10-13-8-9-24-11-13)20-17(22)14-4-6-15(19)7-5-14/h4-9,11-12,16H,10H2,1-3H3,(H,20,22)/t16-/m0/s1. The van der Waals surface area contributed by atoms with Gasteiger partial charge in [0.05, 0.1) is 0 Å². The second kappa shape index (κ2) is 8.06. The third-order valence-electron chi connectivity index (χ3n) is 3.70. The van der Waals surface area contributed by atoms with E-state index in [1.165, 1.54) is 24.3 Å². The van der Waals surface area contributed by atoms with E-state index in [0.29, 0.717) is 12.1 Å². The average Bonchev–Trinajstić information content (AvgIpc) is 3.05. The van der Waals surface area contributed by atoms with Crippen LogP contribution in [0.2, 0.25) is 0 Å². The van der Waals surface area contributed by atoms with Crippen LogP contribution in [0.25, 0.3) is 0 Å². The van der Waals surface area contributed by atoms with Crippen LogP contribution in [0, 0.1) is 11.7 Å². The number of hydrogen-bond donors (Lipinski definition) is 1. The molecule has 6 heteroatoms. The maximum atomic E-state index is 13.0. The van der Waals surface area contributed by atoms with Crippen molar-refractivity contribution < 1.29 is 14.0 Å². The second-order valence-electron chi connectivity index (χ2n) is 6.03. The zero-order chi connectivity index (χ0) is 17.7. The van der Waals surface area contributed by atoms with Crippen LogP contribution in [0.4, 0.5) is 4.39 Å². The Morgan fingerprint density at radius 2 is 1.88 bits per heavy atom. The molecule has 0 saturated heterocycles. The van der Waals surface area contributed by atoms with Gasteiger partial charge in [0.1, 0.15) is 11.9 Å². The van der Waals surface area contributed by atoms with E-state index < -0.39 is 11.9 Å². The lowest BCUT2D eigenvalue weighted by molar-refractivity contribution is -0.133. The first-order chi connectivity index (χ1) is 11.4. The van der Waals surface area contributed by atoms with E-state index >= 15 is 0 Å². The molecule has 0 aliphatic rings. The van der Waals surface area contributed by atoms with E-state index in [4.69, 9.17) is 0 Å². The molecule has 128 valence electrons. The zero-order valence-electron chi connectivity index (χ0n) is 14.0. The predicted molar refractivity (Wildman–Crippen MR) is 93.3 cm³/mol. The molecule has 2 aromatic rings. The fraction of sp³-hybridized carbons (Fsp3) is 0.333. The van der Waals surface area contributed by atoms with Crippen molar-refractivity contribution in [3.8, 4) is 0 Å². The Kier molecular flexibility index (Phi) is 6.09. The summed E-state index contributed by atoms with van der Waals surface area (Å²) in [5.74, 6) is -0.997. The molecule has 24 heavy (non-hydrogen) atoms. The molecule has 0 saturated carbocycles.